The first kappa shape index (κ1) is 25.9. The molecule has 0 N–H and O–H groups in total. The zero-order valence-corrected chi connectivity index (χ0v) is 24.4. The Kier molecular flexibility index (Phi) is 6.27. The summed E-state index contributed by atoms with van der Waals surface area (Å²) in [5.74, 6) is 0.554. The van der Waals surface area contributed by atoms with Gasteiger partial charge in [-0.2, -0.15) is 14.6 Å². The number of hydrogen-bond acceptors (Lipinski definition) is 5. The lowest BCUT2D eigenvalue weighted by atomic mass is 9.87. The first-order valence-electron chi connectivity index (χ1n) is 13.3. The second-order valence-electron chi connectivity index (χ2n) is 11.4. The molecule has 6 rings (SSSR count). The topological polar surface area (TPSA) is 65.1 Å². The molecule has 0 amide bonds. The van der Waals surface area contributed by atoms with Gasteiger partial charge in [-0.05, 0) is 61.1 Å². The molecule has 0 saturated heterocycles. The van der Waals surface area contributed by atoms with E-state index in [1.54, 1.807) is 0 Å². The fourth-order valence-electron chi connectivity index (χ4n) is 5.17. The monoisotopic (exact) mass is 545 g/mol. The first-order chi connectivity index (χ1) is 19.1. The Morgan fingerprint density at radius 1 is 0.875 bits per heavy atom. The van der Waals surface area contributed by atoms with E-state index in [-0.39, 0.29) is 11.0 Å². The van der Waals surface area contributed by atoms with Crippen LogP contribution in [0.15, 0.2) is 77.7 Å². The van der Waals surface area contributed by atoms with Gasteiger partial charge >= 0.3 is 0 Å². The van der Waals surface area contributed by atoms with Gasteiger partial charge in [0.1, 0.15) is 5.69 Å². The molecule has 7 heteroatoms. The van der Waals surface area contributed by atoms with Gasteiger partial charge in [-0.25, -0.2) is 4.68 Å². The van der Waals surface area contributed by atoms with Crippen molar-refractivity contribution in [3.8, 4) is 28.3 Å². The average Bonchev–Trinajstić information content (AvgIpc) is 3.59. The molecule has 0 bridgehead atoms. The molecule has 3 heterocycles. The maximum atomic E-state index is 13.5. The highest BCUT2D eigenvalue weighted by molar-refractivity contribution is 7.15. The number of fused-ring (bicyclic) bond motifs is 1. The minimum Gasteiger partial charge on any atom is -0.266 e. The van der Waals surface area contributed by atoms with Crippen molar-refractivity contribution in [2.45, 2.75) is 47.0 Å². The van der Waals surface area contributed by atoms with Crippen LogP contribution in [0.3, 0.4) is 0 Å². The first-order valence-corrected chi connectivity index (χ1v) is 14.2. The zero-order chi connectivity index (χ0) is 28.2. The number of aryl methyl sites for hydroxylation is 3. The predicted octanol–water partition coefficient (Wildman–Crippen LogP) is 6.44. The molecule has 40 heavy (non-hydrogen) atoms. The second-order valence-corrected chi connectivity index (χ2v) is 12.4. The summed E-state index contributed by atoms with van der Waals surface area (Å²) in [5, 5.41) is 9.57. The van der Waals surface area contributed by atoms with Crippen molar-refractivity contribution in [2.24, 2.45) is 0 Å². The van der Waals surface area contributed by atoms with Crippen LogP contribution in [0.2, 0.25) is 0 Å². The number of rotatable bonds is 4. The van der Waals surface area contributed by atoms with Crippen molar-refractivity contribution >= 4 is 22.4 Å². The van der Waals surface area contributed by atoms with Crippen molar-refractivity contribution in [1.29, 1.82) is 0 Å². The van der Waals surface area contributed by atoms with Crippen molar-refractivity contribution in [3.63, 3.8) is 0 Å². The fraction of sp³-hybridized carbons (Fsp3) is 0.212. The van der Waals surface area contributed by atoms with Gasteiger partial charge in [0.2, 0.25) is 4.96 Å². The Balaban J connectivity index is 1.47. The maximum Gasteiger partial charge on any atom is 0.291 e. The van der Waals surface area contributed by atoms with Gasteiger partial charge in [-0.1, -0.05) is 92.3 Å². The summed E-state index contributed by atoms with van der Waals surface area (Å²) in [6, 6.07) is 22.6. The van der Waals surface area contributed by atoms with Gasteiger partial charge in [-0.15, -0.1) is 5.10 Å². The molecule has 3 aromatic heterocycles. The maximum absolute atomic E-state index is 13.5. The van der Waals surface area contributed by atoms with E-state index in [1.165, 1.54) is 27.0 Å². The third-order valence-electron chi connectivity index (χ3n) is 7.15. The summed E-state index contributed by atoms with van der Waals surface area (Å²) in [7, 11) is 0. The van der Waals surface area contributed by atoms with Crippen LogP contribution in [0.4, 0.5) is 0 Å². The summed E-state index contributed by atoms with van der Waals surface area (Å²) >= 11 is 1.35. The predicted molar refractivity (Wildman–Crippen MR) is 163 cm³/mol. The van der Waals surface area contributed by atoms with E-state index in [0.717, 1.165) is 39.2 Å². The lowest BCUT2D eigenvalue weighted by Crippen LogP contribution is -2.23. The Morgan fingerprint density at radius 3 is 2.17 bits per heavy atom. The van der Waals surface area contributed by atoms with Gasteiger partial charge in [0, 0.05) is 22.9 Å². The standard InChI is InChI=1S/C33H31N5OS/c1-20-16-21(2)28(22(3)17-20)29-24(19-37(35-29)26-10-8-7-9-11-26)18-27-31(39)38-32(40-27)34-30(36-38)23-12-14-25(15-13-23)33(4,5)6/h7-19H,1-6H3/b27-18-. The van der Waals surface area contributed by atoms with E-state index in [2.05, 4.69) is 70.9 Å². The molecule has 0 aliphatic carbocycles. The molecule has 0 radical (unpaired) electrons. The van der Waals surface area contributed by atoms with E-state index in [0.29, 0.717) is 15.3 Å². The third kappa shape index (κ3) is 4.67. The molecule has 0 fully saturated rings. The molecule has 0 spiro atoms. The largest absolute Gasteiger partial charge is 0.291 e. The average molecular weight is 546 g/mol. The van der Waals surface area contributed by atoms with Gasteiger partial charge in [-0.3, -0.25) is 4.79 Å². The van der Waals surface area contributed by atoms with E-state index >= 15 is 0 Å². The molecule has 6 aromatic rings. The molecule has 200 valence electrons. The van der Waals surface area contributed by atoms with Gasteiger partial charge in [0.25, 0.3) is 5.56 Å². The van der Waals surface area contributed by atoms with Crippen LogP contribution in [-0.2, 0) is 5.41 Å². The molecule has 0 aliphatic rings. The highest BCUT2D eigenvalue weighted by atomic mass is 32.1. The Hall–Kier alpha value is -4.36. The number of para-hydroxylation sites is 1. The molecule has 0 aliphatic heterocycles. The van der Waals surface area contributed by atoms with Crippen LogP contribution >= 0.6 is 11.3 Å². The molecule has 0 unspecified atom stereocenters. The Bertz CT molecular complexity index is 1950. The highest BCUT2D eigenvalue weighted by Gasteiger charge is 2.18. The number of nitrogens with zero attached hydrogens (tertiary/aromatic N) is 5. The van der Waals surface area contributed by atoms with Gasteiger partial charge < -0.3 is 0 Å². The van der Waals surface area contributed by atoms with Crippen molar-refractivity contribution in [1.82, 2.24) is 24.4 Å². The Morgan fingerprint density at radius 2 is 1.55 bits per heavy atom. The number of thiazole rings is 1. The molecule has 0 atom stereocenters. The van der Waals surface area contributed by atoms with Crippen LogP contribution in [0, 0.1) is 20.8 Å². The van der Waals surface area contributed by atoms with Crippen LogP contribution in [-0.4, -0.2) is 24.4 Å². The molecular weight excluding hydrogens is 514 g/mol. The van der Waals surface area contributed by atoms with Crippen molar-refractivity contribution in [2.75, 3.05) is 0 Å². The van der Waals surface area contributed by atoms with E-state index in [4.69, 9.17) is 10.1 Å². The van der Waals surface area contributed by atoms with Crippen molar-refractivity contribution in [3.05, 3.63) is 116 Å². The summed E-state index contributed by atoms with van der Waals surface area (Å²) in [6.45, 7) is 12.9. The van der Waals surface area contributed by atoms with Gasteiger partial charge in [0.15, 0.2) is 5.82 Å². The molecule has 0 saturated carbocycles. The lowest BCUT2D eigenvalue weighted by Gasteiger charge is -2.18. The number of hydrogen-bond donors (Lipinski definition) is 0. The quantitative estimate of drug-likeness (QED) is 0.256. The van der Waals surface area contributed by atoms with Crippen molar-refractivity contribution < 1.29 is 0 Å². The number of aromatic nitrogens is 5. The summed E-state index contributed by atoms with van der Waals surface area (Å²) in [5.41, 5.74) is 9.29. The number of benzene rings is 3. The van der Waals surface area contributed by atoms with Crippen LogP contribution < -0.4 is 10.1 Å². The SMILES string of the molecule is Cc1cc(C)c(-c2nn(-c3ccccc3)cc2/C=c2\sc3nc(-c4ccc(C(C)(C)C)cc4)nn3c2=O)c(C)c1. The van der Waals surface area contributed by atoms with E-state index in [9.17, 15) is 4.79 Å². The second kappa shape index (κ2) is 9.68. The summed E-state index contributed by atoms with van der Waals surface area (Å²) in [4.78, 5) is 18.8. The van der Waals surface area contributed by atoms with Crippen LogP contribution in [0.5, 0.6) is 0 Å². The summed E-state index contributed by atoms with van der Waals surface area (Å²) < 4.78 is 3.86. The highest BCUT2D eigenvalue weighted by Crippen LogP contribution is 2.31. The molecular formula is C33H31N5OS. The zero-order valence-electron chi connectivity index (χ0n) is 23.6. The third-order valence-corrected chi connectivity index (χ3v) is 8.11. The minimum atomic E-state index is -0.180. The summed E-state index contributed by atoms with van der Waals surface area (Å²) in [6.07, 6.45) is 3.91. The van der Waals surface area contributed by atoms with Crippen LogP contribution in [0.1, 0.15) is 48.6 Å². The van der Waals surface area contributed by atoms with E-state index in [1.807, 2.05) is 59.4 Å². The normalized spacial score (nSPS) is 12.5. The van der Waals surface area contributed by atoms with Crippen LogP contribution in [0.25, 0.3) is 39.4 Å². The minimum absolute atomic E-state index is 0.0657. The molecule has 3 aromatic carbocycles. The fourth-order valence-corrected chi connectivity index (χ4v) is 6.07. The van der Waals surface area contributed by atoms with Gasteiger partial charge in [0.05, 0.1) is 10.2 Å². The molecule has 6 nitrogen and oxygen atoms in total. The smallest absolute Gasteiger partial charge is 0.266 e. The Labute approximate surface area is 237 Å². The van der Waals surface area contributed by atoms with E-state index < -0.39 is 0 Å². The lowest BCUT2D eigenvalue weighted by molar-refractivity contribution is 0.590.